The van der Waals surface area contributed by atoms with Crippen molar-refractivity contribution in [1.29, 1.82) is 0 Å². The van der Waals surface area contributed by atoms with Gasteiger partial charge in [-0.05, 0) is 63.4 Å². The summed E-state index contributed by atoms with van der Waals surface area (Å²) in [6, 6.07) is 10.2. The number of hydrogen-bond acceptors (Lipinski definition) is 6. The van der Waals surface area contributed by atoms with Gasteiger partial charge in [0.2, 0.25) is 0 Å². The Bertz CT molecular complexity index is 1130. The van der Waals surface area contributed by atoms with Crippen molar-refractivity contribution in [2.24, 2.45) is 0 Å². The third-order valence-corrected chi connectivity index (χ3v) is 6.88. The summed E-state index contributed by atoms with van der Waals surface area (Å²) in [4.78, 5) is 29.4. The molecule has 0 fully saturated rings. The van der Waals surface area contributed by atoms with Crippen molar-refractivity contribution in [1.82, 2.24) is 9.80 Å². The smallest absolute Gasteiger partial charge is 0.410 e. The minimum Gasteiger partial charge on any atom is -0.493 e. The SMILES string of the molecule is COc1ccc2c(c1OC)[C@H]([C@H]1Cc3ccccc3CN1C(=O)OC(C)(C)C)N(C)[C@H](C(=O)O)C2. The Morgan fingerprint density at radius 2 is 1.66 bits per heavy atom. The third kappa shape index (κ3) is 4.67. The molecule has 0 unspecified atom stereocenters. The number of carbonyl (C=O) groups is 2. The summed E-state index contributed by atoms with van der Waals surface area (Å²) >= 11 is 0. The Kier molecular flexibility index (Phi) is 6.68. The van der Waals surface area contributed by atoms with Gasteiger partial charge < -0.3 is 19.3 Å². The van der Waals surface area contributed by atoms with E-state index < -0.39 is 29.7 Å². The number of hydrogen-bond donors (Lipinski definition) is 1. The van der Waals surface area contributed by atoms with Crippen molar-refractivity contribution in [3.8, 4) is 11.5 Å². The molecule has 2 aromatic rings. The van der Waals surface area contributed by atoms with E-state index in [4.69, 9.17) is 14.2 Å². The summed E-state index contributed by atoms with van der Waals surface area (Å²) in [5.74, 6) is 0.227. The number of aliphatic carboxylic acids is 1. The second-order valence-electron chi connectivity index (χ2n) is 10.2. The molecular weight excluding hydrogens is 448 g/mol. The molecule has 2 aliphatic rings. The summed E-state index contributed by atoms with van der Waals surface area (Å²) in [5.41, 5.74) is 3.25. The summed E-state index contributed by atoms with van der Waals surface area (Å²) in [5, 5.41) is 10.1. The topological polar surface area (TPSA) is 88.5 Å². The van der Waals surface area contributed by atoms with Gasteiger partial charge in [-0.15, -0.1) is 0 Å². The molecule has 2 heterocycles. The van der Waals surface area contributed by atoms with E-state index in [0.29, 0.717) is 30.9 Å². The van der Waals surface area contributed by atoms with Crippen molar-refractivity contribution < 1.29 is 28.9 Å². The Labute approximate surface area is 206 Å². The molecule has 1 amide bonds. The van der Waals surface area contributed by atoms with Crippen LogP contribution in [0.3, 0.4) is 0 Å². The highest BCUT2D eigenvalue weighted by molar-refractivity contribution is 5.75. The minimum absolute atomic E-state index is 0.327. The molecule has 3 atom stereocenters. The van der Waals surface area contributed by atoms with E-state index in [9.17, 15) is 14.7 Å². The lowest BCUT2D eigenvalue weighted by atomic mass is 9.80. The molecule has 0 saturated heterocycles. The van der Waals surface area contributed by atoms with Gasteiger partial charge in [0.05, 0.1) is 26.3 Å². The zero-order chi connectivity index (χ0) is 25.5. The molecule has 8 nitrogen and oxygen atoms in total. The van der Waals surface area contributed by atoms with Crippen LogP contribution in [0.5, 0.6) is 11.5 Å². The average Bonchev–Trinajstić information content (AvgIpc) is 2.80. The van der Waals surface area contributed by atoms with E-state index in [-0.39, 0.29) is 6.04 Å². The zero-order valence-electron chi connectivity index (χ0n) is 21.2. The van der Waals surface area contributed by atoms with Gasteiger partial charge in [0.1, 0.15) is 11.6 Å². The van der Waals surface area contributed by atoms with Crippen LogP contribution in [0.4, 0.5) is 4.79 Å². The van der Waals surface area contributed by atoms with Crippen molar-refractivity contribution >= 4 is 12.1 Å². The van der Waals surface area contributed by atoms with Crippen molar-refractivity contribution in [3.05, 3.63) is 58.7 Å². The Hall–Kier alpha value is -3.26. The fourth-order valence-corrected chi connectivity index (χ4v) is 5.32. The number of benzene rings is 2. The van der Waals surface area contributed by atoms with Gasteiger partial charge in [-0.2, -0.15) is 0 Å². The van der Waals surface area contributed by atoms with Crippen LogP contribution >= 0.6 is 0 Å². The monoisotopic (exact) mass is 482 g/mol. The number of likely N-dealkylation sites (N-methyl/N-ethyl adjacent to an activating group) is 1. The van der Waals surface area contributed by atoms with Crippen molar-refractivity contribution in [2.75, 3.05) is 21.3 Å². The van der Waals surface area contributed by atoms with Gasteiger partial charge >= 0.3 is 12.1 Å². The van der Waals surface area contributed by atoms with Crippen molar-refractivity contribution in [2.45, 2.75) is 63.9 Å². The number of ether oxygens (including phenoxy) is 3. The first-order chi connectivity index (χ1) is 16.6. The Balaban J connectivity index is 1.90. The molecular formula is C27H34N2O6. The van der Waals surface area contributed by atoms with Gasteiger partial charge in [0.25, 0.3) is 0 Å². The predicted molar refractivity (Wildman–Crippen MR) is 131 cm³/mol. The zero-order valence-corrected chi connectivity index (χ0v) is 21.2. The van der Waals surface area contributed by atoms with Gasteiger partial charge in [-0.3, -0.25) is 14.6 Å². The molecule has 4 rings (SSSR count). The first kappa shape index (κ1) is 24.9. The minimum atomic E-state index is -0.905. The molecule has 0 aliphatic carbocycles. The first-order valence-corrected chi connectivity index (χ1v) is 11.8. The highest BCUT2D eigenvalue weighted by Gasteiger charge is 2.47. The maximum atomic E-state index is 13.5. The van der Waals surface area contributed by atoms with E-state index >= 15 is 0 Å². The average molecular weight is 483 g/mol. The second kappa shape index (κ2) is 9.41. The fraction of sp³-hybridized carbons (Fsp3) is 0.481. The molecule has 0 radical (unpaired) electrons. The van der Waals surface area contributed by atoms with Crippen LogP contribution in [0.25, 0.3) is 0 Å². The molecule has 0 bridgehead atoms. The summed E-state index contributed by atoms with van der Waals surface area (Å²) < 4.78 is 17.2. The maximum Gasteiger partial charge on any atom is 0.410 e. The predicted octanol–water partition coefficient (Wildman–Crippen LogP) is 4.05. The van der Waals surface area contributed by atoms with E-state index in [0.717, 1.165) is 22.3 Å². The highest BCUT2D eigenvalue weighted by atomic mass is 16.6. The van der Waals surface area contributed by atoms with Crippen LogP contribution < -0.4 is 9.47 Å². The fourth-order valence-electron chi connectivity index (χ4n) is 5.32. The number of rotatable bonds is 4. The van der Waals surface area contributed by atoms with Gasteiger partial charge in [-0.25, -0.2) is 4.79 Å². The summed E-state index contributed by atoms with van der Waals surface area (Å²) in [6.45, 7) is 5.90. The number of carbonyl (C=O) groups excluding carboxylic acids is 1. The van der Waals surface area contributed by atoms with Crippen LogP contribution in [0.1, 0.15) is 49.1 Å². The van der Waals surface area contributed by atoms with Crippen LogP contribution in [0, 0.1) is 0 Å². The quantitative estimate of drug-likeness (QED) is 0.703. The molecule has 188 valence electrons. The Morgan fingerprint density at radius 1 is 0.971 bits per heavy atom. The third-order valence-electron chi connectivity index (χ3n) is 6.88. The molecule has 1 N–H and O–H groups in total. The lowest BCUT2D eigenvalue weighted by molar-refractivity contribution is -0.144. The van der Waals surface area contributed by atoms with E-state index in [2.05, 4.69) is 6.07 Å². The van der Waals surface area contributed by atoms with Gasteiger partial charge in [0, 0.05) is 12.1 Å². The largest absolute Gasteiger partial charge is 0.493 e. The number of nitrogens with zero attached hydrogens (tertiary/aromatic N) is 2. The molecule has 0 aromatic heterocycles. The van der Waals surface area contributed by atoms with E-state index in [1.807, 2.05) is 49.9 Å². The van der Waals surface area contributed by atoms with Crippen LogP contribution in [0.2, 0.25) is 0 Å². The number of fused-ring (bicyclic) bond motifs is 2. The second-order valence-corrected chi connectivity index (χ2v) is 10.2. The van der Waals surface area contributed by atoms with Crippen LogP contribution in [-0.4, -0.2) is 65.9 Å². The molecule has 2 aliphatic heterocycles. The lowest BCUT2D eigenvalue weighted by Gasteiger charge is -2.48. The van der Waals surface area contributed by atoms with Crippen molar-refractivity contribution in [3.63, 3.8) is 0 Å². The molecule has 0 saturated carbocycles. The summed E-state index contributed by atoms with van der Waals surface area (Å²) in [6.07, 6.45) is 0.455. The van der Waals surface area contributed by atoms with E-state index in [1.165, 1.54) is 0 Å². The number of amides is 1. The first-order valence-electron chi connectivity index (χ1n) is 11.8. The maximum absolute atomic E-state index is 13.5. The van der Waals surface area contributed by atoms with Crippen LogP contribution in [0.15, 0.2) is 36.4 Å². The van der Waals surface area contributed by atoms with Gasteiger partial charge in [-0.1, -0.05) is 30.3 Å². The normalized spacial score (nSPS) is 22.1. The highest BCUT2D eigenvalue weighted by Crippen LogP contribution is 2.47. The number of carboxylic acid groups (broad SMARTS) is 1. The lowest BCUT2D eigenvalue weighted by Crippen LogP contribution is -2.57. The Morgan fingerprint density at radius 3 is 2.26 bits per heavy atom. The van der Waals surface area contributed by atoms with E-state index in [1.54, 1.807) is 32.2 Å². The van der Waals surface area contributed by atoms with Crippen LogP contribution in [-0.2, 0) is 28.9 Å². The summed E-state index contributed by atoms with van der Waals surface area (Å²) in [7, 11) is 4.97. The number of methoxy groups -OCH3 is 2. The molecule has 8 heteroatoms. The number of carboxylic acids is 1. The molecule has 2 aromatic carbocycles. The standard InChI is InChI=1S/C27H34N2O6/c1-27(2,3)35-26(32)29-15-18-10-8-7-9-16(18)13-19(29)23-22-17(14-20(25(30)31)28(23)4)11-12-21(33-5)24(22)34-6/h7-12,19-20,23H,13-15H2,1-6H3,(H,30,31)/t19-,20+,23+/m1/s1. The van der Waals surface area contributed by atoms with Gasteiger partial charge in [0.15, 0.2) is 11.5 Å². The molecule has 0 spiro atoms. The molecule has 35 heavy (non-hydrogen) atoms.